The van der Waals surface area contributed by atoms with Gasteiger partial charge < -0.3 is 10.6 Å². The first-order valence-electron chi connectivity index (χ1n) is 5.00. The minimum atomic E-state index is -0.391. The van der Waals surface area contributed by atoms with E-state index < -0.39 is 5.82 Å². The molecule has 0 aliphatic rings. The average molecular weight is 231 g/mol. The number of hydrogen-bond acceptors (Lipinski definition) is 2. The van der Waals surface area contributed by atoms with Crippen molar-refractivity contribution in [1.82, 2.24) is 0 Å². The lowest BCUT2D eigenvalue weighted by Gasteiger charge is -2.25. The highest BCUT2D eigenvalue weighted by atomic mass is 35.5. The Labute approximate surface area is 94.8 Å². The zero-order valence-electron chi connectivity index (χ0n) is 9.00. The van der Waals surface area contributed by atoms with Crippen LogP contribution in [0.5, 0.6) is 0 Å². The van der Waals surface area contributed by atoms with Crippen molar-refractivity contribution in [3.63, 3.8) is 0 Å². The topological polar surface area (TPSA) is 29.3 Å². The van der Waals surface area contributed by atoms with Crippen LogP contribution >= 0.6 is 11.6 Å². The molecule has 1 atom stereocenters. The lowest BCUT2D eigenvalue weighted by molar-refractivity contribution is 0.627. The number of anilines is 1. The van der Waals surface area contributed by atoms with Gasteiger partial charge in [-0.1, -0.05) is 11.6 Å². The summed E-state index contributed by atoms with van der Waals surface area (Å²) in [4.78, 5) is 2.07. The molecule has 0 bridgehead atoms. The molecule has 2 N–H and O–H groups in total. The first-order valence-corrected chi connectivity index (χ1v) is 5.38. The van der Waals surface area contributed by atoms with Gasteiger partial charge in [0.25, 0.3) is 0 Å². The molecule has 0 aromatic heterocycles. The second-order valence-electron chi connectivity index (χ2n) is 3.61. The van der Waals surface area contributed by atoms with Gasteiger partial charge in [-0.05, 0) is 32.0 Å². The van der Waals surface area contributed by atoms with Crippen molar-refractivity contribution in [1.29, 1.82) is 0 Å². The fraction of sp³-hybridized carbons (Fsp3) is 0.455. The largest absolute Gasteiger partial charge is 0.370 e. The Kier molecular flexibility index (Phi) is 4.36. The maximum absolute atomic E-state index is 13.0. The molecule has 0 heterocycles. The van der Waals surface area contributed by atoms with Gasteiger partial charge in [-0.2, -0.15) is 0 Å². The highest BCUT2D eigenvalue weighted by Crippen LogP contribution is 2.22. The standard InChI is InChI=1S/C11H16ClFN2/c1-3-15(7-8(2)14)9-4-5-11(13)10(12)6-9/h4-6,8H,3,7,14H2,1-2H3. The number of nitrogens with zero attached hydrogens (tertiary/aromatic N) is 1. The van der Waals surface area contributed by atoms with Crippen LogP contribution in [0.2, 0.25) is 5.02 Å². The van der Waals surface area contributed by atoms with Crippen molar-refractivity contribution in [3.8, 4) is 0 Å². The average Bonchev–Trinajstić information content (AvgIpc) is 2.18. The predicted octanol–water partition coefficient (Wildman–Crippen LogP) is 2.65. The van der Waals surface area contributed by atoms with Crippen LogP contribution < -0.4 is 10.6 Å². The van der Waals surface area contributed by atoms with Crippen molar-refractivity contribution in [2.45, 2.75) is 19.9 Å². The van der Waals surface area contributed by atoms with E-state index >= 15 is 0 Å². The molecule has 1 unspecified atom stereocenters. The molecule has 1 rings (SSSR count). The summed E-state index contributed by atoms with van der Waals surface area (Å²) in [6, 6.07) is 4.80. The van der Waals surface area contributed by atoms with E-state index in [-0.39, 0.29) is 11.1 Å². The monoisotopic (exact) mass is 230 g/mol. The Morgan fingerprint density at radius 1 is 1.53 bits per heavy atom. The molecular formula is C11H16ClFN2. The number of halogens is 2. The summed E-state index contributed by atoms with van der Waals surface area (Å²) in [5.41, 5.74) is 6.63. The molecule has 1 aromatic carbocycles. The molecule has 0 spiro atoms. The summed E-state index contributed by atoms with van der Waals surface area (Å²) in [6.07, 6.45) is 0. The summed E-state index contributed by atoms with van der Waals surface area (Å²) in [5, 5.41) is 0.149. The van der Waals surface area contributed by atoms with Crippen molar-refractivity contribution < 1.29 is 4.39 Å². The van der Waals surface area contributed by atoms with Crippen molar-refractivity contribution in [3.05, 3.63) is 29.0 Å². The van der Waals surface area contributed by atoms with Crippen LogP contribution in [-0.4, -0.2) is 19.1 Å². The van der Waals surface area contributed by atoms with Gasteiger partial charge in [-0.25, -0.2) is 4.39 Å². The van der Waals surface area contributed by atoms with Crippen molar-refractivity contribution in [2.75, 3.05) is 18.0 Å². The highest BCUT2D eigenvalue weighted by molar-refractivity contribution is 6.31. The van der Waals surface area contributed by atoms with E-state index in [0.717, 1.165) is 18.8 Å². The van der Waals surface area contributed by atoms with Gasteiger partial charge in [0.1, 0.15) is 5.82 Å². The molecule has 15 heavy (non-hydrogen) atoms. The minimum Gasteiger partial charge on any atom is -0.370 e. The zero-order valence-corrected chi connectivity index (χ0v) is 9.76. The van der Waals surface area contributed by atoms with E-state index in [9.17, 15) is 4.39 Å². The normalized spacial score (nSPS) is 12.6. The molecular weight excluding hydrogens is 215 g/mol. The fourth-order valence-corrected chi connectivity index (χ4v) is 1.62. The Morgan fingerprint density at radius 2 is 2.20 bits per heavy atom. The summed E-state index contributed by atoms with van der Waals surface area (Å²) in [6.45, 7) is 5.52. The Hall–Kier alpha value is -0.800. The minimum absolute atomic E-state index is 0.0776. The molecule has 1 aromatic rings. The smallest absolute Gasteiger partial charge is 0.141 e. The number of nitrogens with two attached hydrogens (primary N) is 1. The van der Waals surface area contributed by atoms with Gasteiger partial charge in [0.15, 0.2) is 0 Å². The second kappa shape index (κ2) is 5.33. The SMILES string of the molecule is CCN(CC(C)N)c1ccc(F)c(Cl)c1. The third kappa shape index (κ3) is 3.36. The molecule has 0 aliphatic carbocycles. The molecule has 0 saturated heterocycles. The van der Waals surface area contributed by atoms with Gasteiger partial charge in [-0.3, -0.25) is 0 Å². The third-order valence-corrected chi connectivity index (χ3v) is 2.45. The van der Waals surface area contributed by atoms with E-state index in [2.05, 4.69) is 4.90 Å². The van der Waals surface area contributed by atoms with Crippen LogP contribution in [0.3, 0.4) is 0 Å². The van der Waals surface area contributed by atoms with Crippen molar-refractivity contribution in [2.24, 2.45) is 5.73 Å². The van der Waals surface area contributed by atoms with Crippen LogP contribution in [-0.2, 0) is 0 Å². The lowest BCUT2D eigenvalue weighted by atomic mass is 10.2. The lowest BCUT2D eigenvalue weighted by Crippen LogP contribution is -2.35. The third-order valence-electron chi connectivity index (χ3n) is 2.16. The number of likely N-dealkylation sites (N-methyl/N-ethyl adjacent to an activating group) is 1. The van der Waals surface area contributed by atoms with Gasteiger partial charge in [0.2, 0.25) is 0 Å². The van der Waals surface area contributed by atoms with E-state index in [1.165, 1.54) is 6.07 Å². The summed E-state index contributed by atoms with van der Waals surface area (Å²) < 4.78 is 13.0. The van der Waals surface area contributed by atoms with E-state index in [4.69, 9.17) is 17.3 Å². The highest BCUT2D eigenvalue weighted by Gasteiger charge is 2.08. The fourth-order valence-electron chi connectivity index (χ4n) is 1.45. The molecule has 0 radical (unpaired) electrons. The number of rotatable bonds is 4. The van der Waals surface area contributed by atoms with Crippen LogP contribution in [0.4, 0.5) is 10.1 Å². The van der Waals surface area contributed by atoms with Gasteiger partial charge in [-0.15, -0.1) is 0 Å². The summed E-state index contributed by atoms with van der Waals surface area (Å²) in [7, 11) is 0. The van der Waals surface area contributed by atoms with E-state index in [1.807, 2.05) is 13.8 Å². The molecule has 0 aliphatic heterocycles. The predicted molar refractivity (Wildman–Crippen MR) is 62.9 cm³/mol. The van der Waals surface area contributed by atoms with E-state index in [0.29, 0.717) is 0 Å². The second-order valence-corrected chi connectivity index (χ2v) is 4.02. The quantitative estimate of drug-likeness (QED) is 0.862. The molecule has 0 fully saturated rings. The van der Waals surface area contributed by atoms with E-state index in [1.54, 1.807) is 12.1 Å². The Morgan fingerprint density at radius 3 is 2.67 bits per heavy atom. The first-order chi connectivity index (χ1) is 7.04. The summed E-state index contributed by atoms with van der Waals surface area (Å²) >= 11 is 5.72. The van der Waals surface area contributed by atoms with Crippen LogP contribution in [0.1, 0.15) is 13.8 Å². The maximum Gasteiger partial charge on any atom is 0.141 e. The van der Waals surface area contributed by atoms with Crippen LogP contribution in [0, 0.1) is 5.82 Å². The number of benzene rings is 1. The summed E-state index contributed by atoms with van der Waals surface area (Å²) in [5.74, 6) is -0.391. The van der Waals surface area contributed by atoms with Gasteiger partial charge in [0.05, 0.1) is 5.02 Å². The molecule has 84 valence electrons. The molecule has 4 heteroatoms. The molecule has 0 saturated carbocycles. The van der Waals surface area contributed by atoms with Crippen LogP contribution in [0.25, 0.3) is 0 Å². The molecule has 0 amide bonds. The molecule has 2 nitrogen and oxygen atoms in total. The van der Waals surface area contributed by atoms with Crippen LogP contribution in [0.15, 0.2) is 18.2 Å². The Balaban J connectivity index is 2.87. The maximum atomic E-state index is 13.0. The van der Waals surface area contributed by atoms with Crippen molar-refractivity contribution >= 4 is 17.3 Å². The number of hydrogen-bond donors (Lipinski definition) is 1. The van der Waals surface area contributed by atoms with Gasteiger partial charge >= 0.3 is 0 Å². The van der Waals surface area contributed by atoms with Gasteiger partial charge in [0, 0.05) is 24.8 Å². The zero-order chi connectivity index (χ0) is 11.4. The Bertz CT molecular complexity index is 328. The first kappa shape index (κ1) is 12.3.